The van der Waals surface area contributed by atoms with Crippen LogP contribution in [0.25, 0.3) is 0 Å². The summed E-state index contributed by atoms with van der Waals surface area (Å²) in [7, 11) is 0. The van der Waals surface area contributed by atoms with Crippen LogP contribution >= 0.6 is 11.6 Å². The summed E-state index contributed by atoms with van der Waals surface area (Å²) >= 11 is 5.92. The third-order valence-electron chi connectivity index (χ3n) is 2.55. The van der Waals surface area contributed by atoms with E-state index in [1.165, 1.54) is 32.1 Å². The van der Waals surface area contributed by atoms with Gasteiger partial charge in [0.25, 0.3) is 0 Å². The SMILES string of the molecule is CC1(CCl)CC/C=C\CCC1. The van der Waals surface area contributed by atoms with E-state index < -0.39 is 0 Å². The normalized spacial score (nSPS) is 35.8. The quantitative estimate of drug-likeness (QED) is 0.418. The van der Waals surface area contributed by atoms with E-state index >= 15 is 0 Å². The first-order valence-electron chi connectivity index (χ1n) is 4.48. The van der Waals surface area contributed by atoms with E-state index in [4.69, 9.17) is 11.6 Å². The standard InChI is InChI=1S/C10H17Cl/c1-10(9-11)7-5-3-2-4-6-8-10/h2-3H,4-9H2,1H3/b3-2-. The van der Waals surface area contributed by atoms with Crippen LogP contribution in [0.15, 0.2) is 12.2 Å². The molecule has 0 N–H and O–H groups in total. The first-order valence-corrected chi connectivity index (χ1v) is 5.01. The Morgan fingerprint density at radius 3 is 2.73 bits per heavy atom. The minimum absolute atomic E-state index is 0.409. The Hall–Kier alpha value is 0.0300. The van der Waals surface area contributed by atoms with Gasteiger partial charge in [0.15, 0.2) is 0 Å². The molecule has 0 aliphatic heterocycles. The molecule has 0 nitrogen and oxygen atoms in total. The van der Waals surface area contributed by atoms with E-state index in [-0.39, 0.29) is 0 Å². The molecule has 0 aromatic rings. The molecular formula is C10H17Cl. The highest BCUT2D eigenvalue weighted by atomic mass is 35.5. The van der Waals surface area contributed by atoms with Crippen molar-refractivity contribution in [3.05, 3.63) is 12.2 Å². The van der Waals surface area contributed by atoms with Crippen LogP contribution in [0.5, 0.6) is 0 Å². The Balaban J connectivity index is 2.47. The van der Waals surface area contributed by atoms with Crippen molar-refractivity contribution in [3.8, 4) is 0 Å². The predicted molar refractivity (Wildman–Crippen MR) is 51.1 cm³/mol. The summed E-state index contributed by atoms with van der Waals surface area (Å²) in [6.07, 6.45) is 10.9. The van der Waals surface area contributed by atoms with Gasteiger partial charge in [-0.2, -0.15) is 0 Å². The molecule has 0 radical (unpaired) electrons. The maximum atomic E-state index is 5.92. The lowest BCUT2D eigenvalue weighted by atomic mass is 9.81. The second kappa shape index (κ2) is 4.15. The van der Waals surface area contributed by atoms with Crippen LogP contribution in [-0.2, 0) is 0 Å². The fourth-order valence-corrected chi connectivity index (χ4v) is 1.84. The van der Waals surface area contributed by atoms with Crippen molar-refractivity contribution in [2.75, 3.05) is 5.88 Å². The van der Waals surface area contributed by atoms with E-state index in [2.05, 4.69) is 19.1 Å². The molecule has 0 spiro atoms. The third-order valence-corrected chi connectivity index (χ3v) is 3.20. The van der Waals surface area contributed by atoms with Gasteiger partial charge in [0.05, 0.1) is 0 Å². The van der Waals surface area contributed by atoms with Crippen molar-refractivity contribution in [1.82, 2.24) is 0 Å². The molecule has 1 heteroatoms. The summed E-state index contributed by atoms with van der Waals surface area (Å²) in [6.45, 7) is 2.30. The lowest BCUT2D eigenvalue weighted by Crippen LogP contribution is -2.18. The fraction of sp³-hybridized carbons (Fsp3) is 0.800. The number of halogens is 1. The monoisotopic (exact) mass is 172 g/mol. The highest BCUT2D eigenvalue weighted by molar-refractivity contribution is 6.18. The summed E-state index contributed by atoms with van der Waals surface area (Å²) in [5.74, 6) is 0.820. The van der Waals surface area contributed by atoms with Crippen molar-refractivity contribution in [1.29, 1.82) is 0 Å². The molecule has 0 amide bonds. The zero-order valence-corrected chi connectivity index (χ0v) is 8.03. The van der Waals surface area contributed by atoms with Crippen molar-refractivity contribution >= 4 is 11.6 Å². The first-order chi connectivity index (χ1) is 5.27. The molecule has 11 heavy (non-hydrogen) atoms. The second-order valence-corrected chi connectivity index (χ2v) is 4.11. The van der Waals surface area contributed by atoms with Crippen LogP contribution in [0.3, 0.4) is 0 Å². The van der Waals surface area contributed by atoms with Gasteiger partial charge in [-0.05, 0) is 37.5 Å². The Morgan fingerprint density at radius 2 is 2.00 bits per heavy atom. The molecule has 1 aliphatic carbocycles. The highest BCUT2D eigenvalue weighted by Crippen LogP contribution is 2.32. The maximum absolute atomic E-state index is 5.92. The van der Waals surface area contributed by atoms with Gasteiger partial charge in [-0.25, -0.2) is 0 Å². The van der Waals surface area contributed by atoms with E-state index in [9.17, 15) is 0 Å². The highest BCUT2D eigenvalue weighted by Gasteiger charge is 2.21. The van der Waals surface area contributed by atoms with Gasteiger partial charge in [0.1, 0.15) is 0 Å². The summed E-state index contributed by atoms with van der Waals surface area (Å²) in [6, 6.07) is 0. The Kier molecular flexibility index (Phi) is 3.45. The molecule has 0 aromatic carbocycles. The number of allylic oxidation sites excluding steroid dienone is 2. The Labute approximate surface area is 74.6 Å². The average molecular weight is 173 g/mol. The van der Waals surface area contributed by atoms with Gasteiger partial charge >= 0.3 is 0 Å². The molecule has 0 saturated carbocycles. The van der Waals surface area contributed by atoms with Gasteiger partial charge in [-0.15, -0.1) is 11.6 Å². The summed E-state index contributed by atoms with van der Waals surface area (Å²) in [5.41, 5.74) is 0.409. The zero-order chi connectivity index (χ0) is 8.16. The molecule has 1 aliphatic rings. The molecule has 0 saturated heterocycles. The number of hydrogen-bond acceptors (Lipinski definition) is 0. The van der Waals surface area contributed by atoms with Crippen LogP contribution in [0.4, 0.5) is 0 Å². The van der Waals surface area contributed by atoms with Crippen LogP contribution in [0, 0.1) is 5.41 Å². The zero-order valence-electron chi connectivity index (χ0n) is 7.28. The van der Waals surface area contributed by atoms with Crippen LogP contribution in [0.1, 0.15) is 39.0 Å². The molecule has 0 fully saturated rings. The van der Waals surface area contributed by atoms with Crippen molar-refractivity contribution < 1.29 is 0 Å². The molecule has 0 aromatic heterocycles. The lowest BCUT2D eigenvalue weighted by Gasteiger charge is -2.27. The fourth-order valence-electron chi connectivity index (χ4n) is 1.57. The summed E-state index contributed by atoms with van der Waals surface area (Å²) in [5, 5.41) is 0. The first kappa shape index (κ1) is 9.12. The van der Waals surface area contributed by atoms with E-state index in [0.717, 1.165) is 5.88 Å². The second-order valence-electron chi connectivity index (χ2n) is 3.85. The summed E-state index contributed by atoms with van der Waals surface area (Å²) < 4.78 is 0. The minimum Gasteiger partial charge on any atom is -0.126 e. The molecule has 1 unspecified atom stereocenters. The third kappa shape index (κ3) is 2.86. The van der Waals surface area contributed by atoms with Crippen LogP contribution < -0.4 is 0 Å². The van der Waals surface area contributed by atoms with Gasteiger partial charge < -0.3 is 0 Å². The van der Waals surface area contributed by atoms with Crippen LogP contribution in [0.2, 0.25) is 0 Å². The van der Waals surface area contributed by atoms with Gasteiger partial charge in [0.2, 0.25) is 0 Å². The van der Waals surface area contributed by atoms with E-state index in [1.807, 2.05) is 0 Å². The van der Waals surface area contributed by atoms with Gasteiger partial charge in [-0.1, -0.05) is 19.1 Å². The van der Waals surface area contributed by atoms with Gasteiger partial charge in [0, 0.05) is 5.88 Å². The lowest BCUT2D eigenvalue weighted by molar-refractivity contribution is 0.304. The van der Waals surface area contributed by atoms with Crippen molar-refractivity contribution in [2.45, 2.75) is 39.0 Å². The Morgan fingerprint density at radius 1 is 1.27 bits per heavy atom. The van der Waals surface area contributed by atoms with E-state index in [1.54, 1.807) is 0 Å². The maximum Gasteiger partial charge on any atom is 0.0277 e. The largest absolute Gasteiger partial charge is 0.126 e. The molecule has 0 heterocycles. The summed E-state index contributed by atoms with van der Waals surface area (Å²) in [4.78, 5) is 0. The number of hydrogen-bond donors (Lipinski definition) is 0. The molecule has 1 rings (SSSR count). The van der Waals surface area contributed by atoms with Crippen molar-refractivity contribution in [3.63, 3.8) is 0 Å². The predicted octanol–water partition coefficient (Wildman–Crippen LogP) is 3.75. The van der Waals surface area contributed by atoms with Crippen molar-refractivity contribution in [2.24, 2.45) is 5.41 Å². The molecular weight excluding hydrogens is 156 g/mol. The van der Waals surface area contributed by atoms with Gasteiger partial charge in [-0.3, -0.25) is 0 Å². The topological polar surface area (TPSA) is 0 Å². The molecule has 64 valence electrons. The van der Waals surface area contributed by atoms with E-state index in [0.29, 0.717) is 5.41 Å². The Bertz CT molecular complexity index is 140. The smallest absolute Gasteiger partial charge is 0.0277 e. The minimum atomic E-state index is 0.409. The molecule has 0 bridgehead atoms. The number of alkyl halides is 1. The molecule has 1 atom stereocenters. The number of rotatable bonds is 1. The van der Waals surface area contributed by atoms with Crippen LogP contribution in [-0.4, -0.2) is 5.88 Å². The average Bonchev–Trinajstić information content (AvgIpc) is 1.98.